The summed E-state index contributed by atoms with van der Waals surface area (Å²) >= 11 is 0. The molecule has 1 fully saturated rings. The predicted molar refractivity (Wildman–Crippen MR) is 78.7 cm³/mol. The minimum absolute atomic E-state index is 0.370. The maximum atomic E-state index is 10.5. The number of aliphatic hydroxyl groups excluding tert-OH is 5. The monoisotopic (exact) mass is 325 g/mol. The molecule has 9 nitrogen and oxygen atoms in total. The van der Waals surface area contributed by atoms with Gasteiger partial charge in [0.25, 0.3) is 0 Å². The molecule has 1 saturated heterocycles. The zero-order valence-electron chi connectivity index (χ0n) is 12.4. The lowest BCUT2D eigenvalue weighted by Crippen LogP contribution is -2.59. The van der Waals surface area contributed by atoms with Crippen LogP contribution in [0, 0.1) is 6.92 Å². The summed E-state index contributed by atoms with van der Waals surface area (Å²) in [7, 11) is 0. The third kappa shape index (κ3) is 3.46. The fourth-order valence-electron chi connectivity index (χ4n) is 2.67. The molecule has 0 amide bonds. The van der Waals surface area contributed by atoms with E-state index in [0.29, 0.717) is 16.8 Å². The first-order valence-corrected chi connectivity index (χ1v) is 7.05. The molecule has 5 N–H and O–H groups in total. The molecule has 0 unspecified atom stereocenters. The van der Waals surface area contributed by atoms with Gasteiger partial charge in [-0.05, 0) is 29.6 Å². The molecule has 1 aromatic carbocycles. The Morgan fingerprint density at radius 1 is 1.26 bits per heavy atom. The minimum Gasteiger partial charge on any atom is -0.394 e. The molecular formula is C14H19N3O6. The lowest BCUT2D eigenvalue weighted by molar-refractivity contribution is -0.250. The standard InChI is InChI=1S/C14H19N3O6/c1-6-4-7(16-17-15)2-3-8(6)10(19)14-13(22)12(21)11(20)9(5-18)23-14/h2-4,9-14,18-22H,5H2,1H3/t9-,10-,11-,12+,13+,14-/m1/s1. The van der Waals surface area contributed by atoms with Gasteiger partial charge in [0.05, 0.1) is 6.61 Å². The average Bonchev–Trinajstić information content (AvgIpc) is 2.53. The van der Waals surface area contributed by atoms with E-state index in [-0.39, 0.29) is 0 Å². The third-order valence-electron chi connectivity index (χ3n) is 3.97. The predicted octanol–water partition coefficient (Wildman–Crippen LogP) is -0.187. The highest BCUT2D eigenvalue weighted by molar-refractivity contribution is 5.44. The molecule has 23 heavy (non-hydrogen) atoms. The maximum Gasteiger partial charge on any atom is 0.117 e. The number of hydrogen-bond acceptors (Lipinski definition) is 7. The number of nitrogens with zero attached hydrogens (tertiary/aromatic N) is 3. The van der Waals surface area contributed by atoms with E-state index in [0.717, 1.165) is 0 Å². The zero-order chi connectivity index (χ0) is 17.1. The van der Waals surface area contributed by atoms with E-state index in [9.17, 15) is 25.5 Å². The van der Waals surface area contributed by atoms with E-state index in [4.69, 9.17) is 10.3 Å². The summed E-state index contributed by atoms with van der Waals surface area (Å²) in [6.45, 7) is 1.11. The molecule has 0 aromatic heterocycles. The van der Waals surface area contributed by atoms with Crippen molar-refractivity contribution >= 4 is 5.69 Å². The fourth-order valence-corrected chi connectivity index (χ4v) is 2.67. The van der Waals surface area contributed by atoms with Crippen LogP contribution in [-0.4, -0.2) is 62.7 Å². The number of ether oxygens (including phenoxy) is 1. The minimum atomic E-state index is -1.55. The number of benzene rings is 1. The molecule has 0 bridgehead atoms. The first-order chi connectivity index (χ1) is 10.9. The number of hydrogen-bond donors (Lipinski definition) is 5. The molecule has 0 radical (unpaired) electrons. The Morgan fingerprint density at radius 3 is 2.52 bits per heavy atom. The second-order valence-electron chi connectivity index (χ2n) is 5.47. The van der Waals surface area contributed by atoms with Crippen LogP contribution in [0.15, 0.2) is 23.3 Å². The Morgan fingerprint density at radius 2 is 1.96 bits per heavy atom. The third-order valence-corrected chi connectivity index (χ3v) is 3.97. The molecule has 6 atom stereocenters. The summed E-state index contributed by atoms with van der Waals surface area (Å²) in [5, 5.41) is 52.7. The highest BCUT2D eigenvalue weighted by Crippen LogP contribution is 2.32. The van der Waals surface area contributed by atoms with Crippen molar-refractivity contribution in [3.63, 3.8) is 0 Å². The molecule has 0 spiro atoms. The number of aliphatic hydroxyl groups is 5. The van der Waals surface area contributed by atoms with Crippen molar-refractivity contribution in [2.45, 2.75) is 43.5 Å². The summed E-state index contributed by atoms with van der Waals surface area (Å²) < 4.78 is 5.34. The van der Waals surface area contributed by atoms with Crippen LogP contribution in [0.25, 0.3) is 10.4 Å². The van der Waals surface area contributed by atoms with Gasteiger partial charge in [-0.25, -0.2) is 0 Å². The molecule has 1 aromatic rings. The van der Waals surface area contributed by atoms with Gasteiger partial charge in [-0.1, -0.05) is 17.2 Å². The van der Waals surface area contributed by atoms with E-state index in [2.05, 4.69) is 10.0 Å². The van der Waals surface area contributed by atoms with Gasteiger partial charge in [-0.2, -0.15) is 0 Å². The molecule has 126 valence electrons. The normalized spacial score (nSPS) is 32.2. The van der Waals surface area contributed by atoms with Crippen molar-refractivity contribution in [2.24, 2.45) is 5.11 Å². The van der Waals surface area contributed by atoms with Gasteiger partial charge in [0.1, 0.15) is 36.6 Å². The largest absolute Gasteiger partial charge is 0.394 e. The Labute approximate surface area is 132 Å². The summed E-state index contributed by atoms with van der Waals surface area (Å²) in [4.78, 5) is 2.67. The Kier molecular flexibility index (Phi) is 5.55. The van der Waals surface area contributed by atoms with Gasteiger partial charge in [0, 0.05) is 10.6 Å². The molecule has 1 aliphatic rings. The van der Waals surface area contributed by atoms with Crippen LogP contribution >= 0.6 is 0 Å². The number of aryl methyl sites for hydroxylation is 1. The highest BCUT2D eigenvalue weighted by Gasteiger charge is 2.46. The van der Waals surface area contributed by atoms with Gasteiger partial charge in [-0.15, -0.1) is 0 Å². The van der Waals surface area contributed by atoms with E-state index >= 15 is 0 Å². The zero-order valence-corrected chi connectivity index (χ0v) is 12.4. The van der Waals surface area contributed by atoms with Crippen LogP contribution in [0.2, 0.25) is 0 Å². The smallest absolute Gasteiger partial charge is 0.117 e. The van der Waals surface area contributed by atoms with Gasteiger partial charge >= 0.3 is 0 Å². The van der Waals surface area contributed by atoms with E-state index in [1.165, 1.54) is 12.1 Å². The van der Waals surface area contributed by atoms with Crippen LogP contribution in [0.3, 0.4) is 0 Å². The Bertz CT molecular complexity index is 604. The lowest BCUT2D eigenvalue weighted by Gasteiger charge is -2.42. The van der Waals surface area contributed by atoms with Gasteiger partial charge in [0.15, 0.2) is 0 Å². The van der Waals surface area contributed by atoms with Crippen LogP contribution in [0.1, 0.15) is 17.2 Å². The summed E-state index contributed by atoms with van der Waals surface area (Å²) in [6.07, 6.45) is -8.18. The summed E-state index contributed by atoms with van der Waals surface area (Å²) in [6, 6.07) is 4.57. The Hall–Kier alpha value is -1.71. The summed E-state index contributed by atoms with van der Waals surface area (Å²) in [5.41, 5.74) is 9.79. The second-order valence-corrected chi connectivity index (χ2v) is 5.47. The van der Waals surface area contributed by atoms with Crippen LogP contribution in [0.4, 0.5) is 5.69 Å². The van der Waals surface area contributed by atoms with Crippen molar-refractivity contribution < 1.29 is 30.3 Å². The first-order valence-electron chi connectivity index (χ1n) is 7.05. The SMILES string of the molecule is Cc1cc(N=[N+]=[N-])ccc1[C@@H](O)[C@H]1O[C@H](CO)[C@@H](O)[C@H](O)[C@@H]1O. The van der Waals surface area contributed by atoms with Crippen molar-refractivity contribution in [2.75, 3.05) is 6.61 Å². The van der Waals surface area contributed by atoms with Crippen molar-refractivity contribution in [1.29, 1.82) is 0 Å². The molecule has 0 saturated carbocycles. The molecule has 1 aliphatic heterocycles. The van der Waals surface area contributed by atoms with E-state index < -0.39 is 43.2 Å². The number of rotatable bonds is 4. The summed E-state index contributed by atoms with van der Waals surface area (Å²) in [5.74, 6) is 0. The quantitative estimate of drug-likeness (QED) is 0.293. The fraction of sp³-hybridized carbons (Fsp3) is 0.571. The molecule has 1 heterocycles. The highest BCUT2D eigenvalue weighted by atomic mass is 16.6. The van der Waals surface area contributed by atoms with Crippen LogP contribution < -0.4 is 0 Å². The van der Waals surface area contributed by atoms with E-state index in [1.807, 2.05) is 0 Å². The molecule has 9 heteroatoms. The van der Waals surface area contributed by atoms with E-state index in [1.54, 1.807) is 13.0 Å². The van der Waals surface area contributed by atoms with Crippen LogP contribution in [0.5, 0.6) is 0 Å². The average molecular weight is 325 g/mol. The topological polar surface area (TPSA) is 159 Å². The maximum absolute atomic E-state index is 10.5. The molecule has 0 aliphatic carbocycles. The van der Waals surface area contributed by atoms with Crippen molar-refractivity contribution in [3.05, 3.63) is 39.8 Å². The molecular weight excluding hydrogens is 306 g/mol. The second kappa shape index (κ2) is 7.24. The lowest BCUT2D eigenvalue weighted by atomic mass is 9.88. The first kappa shape index (κ1) is 17.6. The van der Waals surface area contributed by atoms with Crippen LogP contribution in [-0.2, 0) is 4.74 Å². The number of azide groups is 1. The van der Waals surface area contributed by atoms with Crippen molar-refractivity contribution in [3.8, 4) is 0 Å². The van der Waals surface area contributed by atoms with Gasteiger partial charge in [-0.3, -0.25) is 0 Å². The van der Waals surface area contributed by atoms with Crippen molar-refractivity contribution in [1.82, 2.24) is 0 Å². The molecule has 2 rings (SSSR count). The van der Waals surface area contributed by atoms with Gasteiger partial charge < -0.3 is 30.3 Å². The Balaban J connectivity index is 2.28. The van der Waals surface area contributed by atoms with Gasteiger partial charge in [0.2, 0.25) is 0 Å².